The van der Waals surface area contributed by atoms with Crippen LogP contribution in [0.5, 0.6) is 11.5 Å². The molecule has 1 aromatic rings. The van der Waals surface area contributed by atoms with Gasteiger partial charge in [-0.3, -0.25) is 10.1 Å². The van der Waals surface area contributed by atoms with Gasteiger partial charge < -0.3 is 14.8 Å². The Balaban J connectivity index is 2.83. The Hall–Kier alpha value is -1.75. The lowest BCUT2D eigenvalue weighted by molar-refractivity contribution is -0.124. The number of amides is 1. The molecule has 1 rings (SSSR count). The van der Waals surface area contributed by atoms with Crippen LogP contribution in [0.15, 0.2) is 18.2 Å². The number of rotatable bonds is 6. The van der Waals surface area contributed by atoms with Gasteiger partial charge in [0.2, 0.25) is 5.91 Å². The van der Waals surface area contributed by atoms with Crippen LogP contribution in [-0.4, -0.2) is 31.7 Å². The van der Waals surface area contributed by atoms with E-state index < -0.39 is 0 Å². The van der Waals surface area contributed by atoms with Crippen molar-refractivity contribution < 1.29 is 14.3 Å². The number of methoxy groups -OCH3 is 2. The molecule has 0 spiro atoms. The first-order valence-corrected chi connectivity index (χ1v) is 7.48. The van der Waals surface area contributed by atoms with Crippen LogP contribution in [0.25, 0.3) is 0 Å². The summed E-state index contributed by atoms with van der Waals surface area (Å²) < 4.78 is 10.7. The maximum atomic E-state index is 12.2. The number of carbonyl (C=O) groups is 1. The number of carbonyl (C=O) groups excluding carboxylic acids is 1. The molecule has 22 heavy (non-hydrogen) atoms. The van der Waals surface area contributed by atoms with E-state index in [1.807, 2.05) is 52.8 Å². The molecular weight excluding hydrogens is 280 g/mol. The summed E-state index contributed by atoms with van der Waals surface area (Å²) in [5.74, 6) is 1.50. The average Bonchev–Trinajstić information content (AvgIpc) is 2.44. The highest BCUT2D eigenvalue weighted by Crippen LogP contribution is 2.29. The average molecular weight is 308 g/mol. The van der Waals surface area contributed by atoms with E-state index in [1.165, 1.54) is 0 Å². The first-order chi connectivity index (χ1) is 10.2. The van der Waals surface area contributed by atoms with Crippen molar-refractivity contribution in [1.82, 2.24) is 10.6 Å². The van der Waals surface area contributed by atoms with Gasteiger partial charge in [-0.1, -0.05) is 0 Å². The highest BCUT2D eigenvalue weighted by atomic mass is 16.5. The standard InChI is InChI=1S/C17H28N2O3/c1-11(18-12(2)16(20)19-17(3,4)5)14-10-13(21-6)8-9-15(14)22-7/h8-12,18H,1-7H3,(H,19,20). The smallest absolute Gasteiger partial charge is 0.237 e. The third-order valence-electron chi connectivity index (χ3n) is 3.29. The number of nitrogens with one attached hydrogen (secondary N) is 2. The van der Waals surface area contributed by atoms with Crippen molar-refractivity contribution in [3.05, 3.63) is 23.8 Å². The molecule has 1 amide bonds. The molecule has 5 heteroatoms. The fraction of sp³-hybridized carbons (Fsp3) is 0.588. The lowest BCUT2D eigenvalue weighted by Crippen LogP contribution is -2.50. The van der Waals surface area contributed by atoms with E-state index in [9.17, 15) is 4.79 Å². The molecule has 0 fully saturated rings. The molecule has 124 valence electrons. The van der Waals surface area contributed by atoms with Gasteiger partial charge in [0.1, 0.15) is 11.5 Å². The molecule has 0 aromatic heterocycles. The van der Waals surface area contributed by atoms with Gasteiger partial charge in [-0.25, -0.2) is 0 Å². The van der Waals surface area contributed by atoms with Gasteiger partial charge in [0.25, 0.3) is 0 Å². The number of ether oxygens (including phenoxy) is 2. The molecule has 0 aliphatic heterocycles. The van der Waals surface area contributed by atoms with Crippen LogP contribution >= 0.6 is 0 Å². The molecule has 0 aliphatic rings. The Morgan fingerprint density at radius 3 is 2.27 bits per heavy atom. The monoisotopic (exact) mass is 308 g/mol. The largest absolute Gasteiger partial charge is 0.497 e. The van der Waals surface area contributed by atoms with Crippen molar-refractivity contribution in [2.75, 3.05) is 14.2 Å². The normalized spacial score (nSPS) is 14.1. The molecule has 0 saturated heterocycles. The van der Waals surface area contributed by atoms with Crippen molar-refractivity contribution in [2.45, 2.75) is 52.2 Å². The topological polar surface area (TPSA) is 59.6 Å². The highest BCUT2D eigenvalue weighted by molar-refractivity contribution is 5.82. The molecule has 0 bridgehead atoms. The lowest BCUT2D eigenvalue weighted by atomic mass is 10.0. The Labute approximate surface area is 133 Å². The van der Waals surface area contributed by atoms with E-state index in [0.717, 1.165) is 17.1 Å². The fourth-order valence-corrected chi connectivity index (χ4v) is 2.20. The summed E-state index contributed by atoms with van der Waals surface area (Å²) >= 11 is 0. The summed E-state index contributed by atoms with van der Waals surface area (Å²) in [6, 6.07) is 5.28. The summed E-state index contributed by atoms with van der Waals surface area (Å²) in [6.07, 6.45) is 0. The second kappa shape index (κ2) is 7.49. The quantitative estimate of drug-likeness (QED) is 0.848. The molecular formula is C17H28N2O3. The third-order valence-corrected chi connectivity index (χ3v) is 3.29. The Bertz CT molecular complexity index is 509. The van der Waals surface area contributed by atoms with Crippen molar-refractivity contribution in [1.29, 1.82) is 0 Å². The summed E-state index contributed by atoms with van der Waals surface area (Å²) in [5.41, 5.74) is 0.710. The second-order valence-corrected chi connectivity index (χ2v) is 6.46. The molecule has 2 N–H and O–H groups in total. The zero-order valence-electron chi connectivity index (χ0n) is 14.6. The molecule has 5 nitrogen and oxygen atoms in total. The van der Waals surface area contributed by atoms with Crippen LogP contribution < -0.4 is 20.1 Å². The predicted octanol–water partition coefficient (Wildman–Crippen LogP) is 2.66. The number of hydrogen-bond donors (Lipinski definition) is 2. The minimum absolute atomic E-state index is 0.0267. The van der Waals surface area contributed by atoms with Crippen LogP contribution in [0.4, 0.5) is 0 Å². The molecule has 0 heterocycles. The summed E-state index contributed by atoms with van der Waals surface area (Å²) in [4.78, 5) is 12.2. The number of benzene rings is 1. The first-order valence-electron chi connectivity index (χ1n) is 7.48. The van der Waals surface area contributed by atoms with Gasteiger partial charge in [0.15, 0.2) is 0 Å². The van der Waals surface area contributed by atoms with E-state index in [4.69, 9.17) is 9.47 Å². The van der Waals surface area contributed by atoms with Crippen LogP contribution in [0.3, 0.4) is 0 Å². The predicted molar refractivity (Wildman–Crippen MR) is 88.5 cm³/mol. The molecule has 2 atom stereocenters. The SMILES string of the molecule is COc1ccc(OC)c(C(C)NC(C)C(=O)NC(C)(C)C)c1. The fourth-order valence-electron chi connectivity index (χ4n) is 2.20. The Morgan fingerprint density at radius 1 is 1.14 bits per heavy atom. The molecule has 0 saturated carbocycles. The summed E-state index contributed by atoms with van der Waals surface area (Å²) in [5, 5.41) is 6.27. The van der Waals surface area contributed by atoms with Gasteiger partial charge >= 0.3 is 0 Å². The maximum absolute atomic E-state index is 12.2. The first kappa shape index (κ1) is 18.3. The van der Waals surface area contributed by atoms with Gasteiger partial charge in [-0.2, -0.15) is 0 Å². The van der Waals surface area contributed by atoms with Gasteiger partial charge in [0.05, 0.1) is 20.3 Å². The summed E-state index contributed by atoms with van der Waals surface area (Å²) in [7, 11) is 3.26. The lowest BCUT2D eigenvalue weighted by Gasteiger charge is -2.26. The van der Waals surface area contributed by atoms with E-state index in [-0.39, 0.29) is 23.5 Å². The molecule has 2 unspecified atom stereocenters. The van der Waals surface area contributed by atoms with Crippen LogP contribution in [0.2, 0.25) is 0 Å². The van der Waals surface area contributed by atoms with E-state index in [1.54, 1.807) is 14.2 Å². The Kier molecular flexibility index (Phi) is 6.23. The van der Waals surface area contributed by atoms with Crippen molar-refractivity contribution in [2.24, 2.45) is 0 Å². The molecule has 0 aliphatic carbocycles. The van der Waals surface area contributed by atoms with Crippen molar-refractivity contribution >= 4 is 5.91 Å². The zero-order valence-corrected chi connectivity index (χ0v) is 14.6. The van der Waals surface area contributed by atoms with E-state index in [0.29, 0.717) is 0 Å². The van der Waals surface area contributed by atoms with Gasteiger partial charge in [0, 0.05) is 17.1 Å². The summed E-state index contributed by atoms with van der Waals surface area (Å²) in [6.45, 7) is 9.74. The van der Waals surface area contributed by atoms with Crippen LogP contribution in [0.1, 0.15) is 46.2 Å². The Morgan fingerprint density at radius 2 is 1.77 bits per heavy atom. The molecule has 0 radical (unpaired) electrons. The van der Waals surface area contributed by atoms with Gasteiger partial charge in [-0.15, -0.1) is 0 Å². The second-order valence-electron chi connectivity index (χ2n) is 6.46. The van der Waals surface area contributed by atoms with Crippen molar-refractivity contribution in [3.8, 4) is 11.5 Å². The van der Waals surface area contributed by atoms with E-state index in [2.05, 4.69) is 10.6 Å². The highest BCUT2D eigenvalue weighted by Gasteiger charge is 2.22. The molecule has 1 aromatic carbocycles. The maximum Gasteiger partial charge on any atom is 0.237 e. The van der Waals surface area contributed by atoms with Crippen LogP contribution in [0, 0.1) is 0 Å². The van der Waals surface area contributed by atoms with Crippen LogP contribution in [-0.2, 0) is 4.79 Å². The van der Waals surface area contributed by atoms with Crippen molar-refractivity contribution in [3.63, 3.8) is 0 Å². The minimum Gasteiger partial charge on any atom is -0.497 e. The van der Waals surface area contributed by atoms with E-state index >= 15 is 0 Å². The number of hydrogen-bond acceptors (Lipinski definition) is 4. The van der Waals surface area contributed by atoms with Gasteiger partial charge in [-0.05, 0) is 52.8 Å². The third kappa shape index (κ3) is 5.22. The zero-order chi connectivity index (χ0) is 16.9. The minimum atomic E-state index is -0.315.